The highest BCUT2D eigenvalue weighted by Gasteiger charge is 2.22. The zero-order valence-electron chi connectivity index (χ0n) is 15.9. The highest BCUT2D eigenvalue weighted by Crippen LogP contribution is 2.36. The molecule has 1 amide bonds. The Balaban J connectivity index is 1.76. The number of amides is 1. The van der Waals surface area contributed by atoms with E-state index < -0.39 is 5.97 Å². The lowest BCUT2D eigenvalue weighted by atomic mass is 10.0. The molecule has 0 saturated heterocycles. The molecule has 0 atom stereocenters. The van der Waals surface area contributed by atoms with Gasteiger partial charge in [0.25, 0.3) is 5.91 Å². The van der Waals surface area contributed by atoms with Gasteiger partial charge >= 0.3 is 5.97 Å². The van der Waals surface area contributed by atoms with E-state index in [-0.39, 0.29) is 12.5 Å². The van der Waals surface area contributed by atoms with Crippen LogP contribution in [0, 0.1) is 13.8 Å². The van der Waals surface area contributed by atoms with E-state index in [1.807, 2.05) is 67.8 Å². The quantitative estimate of drug-likeness (QED) is 0.607. The maximum atomic E-state index is 12.4. The van der Waals surface area contributed by atoms with Crippen LogP contribution in [0.25, 0.3) is 11.1 Å². The Hall–Kier alpha value is -3.12. The second kappa shape index (κ2) is 8.71. The minimum absolute atomic E-state index is 0.151. The van der Waals surface area contributed by atoms with Gasteiger partial charge in [-0.1, -0.05) is 36.4 Å². The van der Waals surface area contributed by atoms with Crippen LogP contribution in [0.15, 0.2) is 53.9 Å². The zero-order chi connectivity index (χ0) is 20.1. The van der Waals surface area contributed by atoms with Gasteiger partial charge in [0.05, 0.1) is 7.11 Å². The monoisotopic (exact) mass is 395 g/mol. The van der Waals surface area contributed by atoms with Crippen LogP contribution in [-0.2, 0) is 9.53 Å². The Kier molecular flexibility index (Phi) is 6.11. The molecule has 1 aromatic heterocycles. The average molecular weight is 395 g/mol. The predicted molar refractivity (Wildman–Crippen MR) is 111 cm³/mol. The number of carbonyl (C=O) groups excluding carboxylic acids is 2. The molecule has 3 rings (SSSR count). The molecular weight excluding hydrogens is 374 g/mol. The van der Waals surface area contributed by atoms with Crippen molar-refractivity contribution in [2.75, 3.05) is 19.0 Å². The number of nitrogens with one attached hydrogen (secondary N) is 1. The molecule has 5 nitrogen and oxygen atoms in total. The fraction of sp³-hybridized carbons (Fsp3) is 0.182. The third kappa shape index (κ3) is 4.40. The van der Waals surface area contributed by atoms with Crippen molar-refractivity contribution >= 4 is 28.2 Å². The van der Waals surface area contributed by atoms with Crippen LogP contribution < -0.4 is 10.1 Å². The number of carbonyl (C=O) groups is 2. The first kappa shape index (κ1) is 19.6. The first-order valence-electron chi connectivity index (χ1n) is 8.74. The standard InChI is InChI=1S/C22H21NO4S/c1-14-9-10-17(11-15(14)2)27-12-19(24)23-21-20(22(25)26-3)18(13-28-21)16-7-5-4-6-8-16/h4-11,13H,12H2,1-3H3,(H,23,24). The number of ether oxygens (including phenoxy) is 2. The summed E-state index contributed by atoms with van der Waals surface area (Å²) in [6.45, 7) is 3.85. The maximum absolute atomic E-state index is 12.4. The molecule has 0 unspecified atom stereocenters. The summed E-state index contributed by atoms with van der Waals surface area (Å²) < 4.78 is 10.5. The lowest BCUT2D eigenvalue weighted by Crippen LogP contribution is -2.21. The van der Waals surface area contributed by atoms with E-state index in [1.165, 1.54) is 18.4 Å². The molecule has 144 valence electrons. The van der Waals surface area contributed by atoms with Gasteiger partial charge in [-0.2, -0.15) is 0 Å². The van der Waals surface area contributed by atoms with Crippen molar-refractivity contribution in [3.05, 3.63) is 70.6 Å². The number of methoxy groups -OCH3 is 1. The number of hydrogen-bond donors (Lipinski definition) is 1. The smallest absolute Gasteiger partial charge is 0.341 e. The van der Waals surface area contributed by atoms with E-state index in [0.29, 0.717) is 16.3 Å². The molecule has 0 aliphatic rings. The van der Waals surface area contributed by atoms with Gasteiger partial charge in [0.15, 0.2) is 6.61 Å². The molecule has 2 aromatic carbocycles. The van der Waals surface area contributed by atoms with Crippen LogP contribution in [0.5, 0.6) is 5.75 Å². The van der Waals surface area contributed by atoms with E-state index >= 15 is 0 Å². The number of aryl methyl sites for hydroxylation is 2. The van der Waals surface area contributed by atoms with Gasteiger partial charge in [-0.3, -0.25) is 4.79 Å². The number of esters is 1. The third-order valence-corrected chi connectivity index (χ3v) is 5.26. The average Bonchev–Trinajstić information content (AvgIpc) is 3.12. The topological polar surface area (TPSA) is 64.6 Å². The van der Waals surface area contributed by atoms with Gasteiger partial charge in [-0.05, 0) is 42.7 Å². The maximum Gasteiger partial charge on any atom is 0.341 e. The SMILES string of the molecule is COC(=O)c1c(-c2ccccc2)csc1NC(=O)COc1ccc(C)c(C)c1. The van der Waals surface area contributed by atoms with Gasteiger partial charge < -0.3 is 14.8 Å². The number of thiophene rings is 1. The Morgan fingerprint density at radius 2 is 1.79 bits per heavy atom. The fourth-order valence-corrected chi connectivity index (χ4v) is 3.67. The summed E-state index contributed by atoms with van der Waals surface area (Å²) in [5.74, 6) is -0.210. The van der Waals surface area contributed by atoms with Gasteiger partial charge in [0.2, 0.25) is 0 Å². The van der Waals surface area contributed by atoms with Crippen LogP contribution in [0.2, 0.25) is 0 Å². The lowest BCUT2D eigenvalue weighted by Gasteiger charge is -2.10. The van der Waals surface area contributed by atoms with Crippen molar-refractivity contribution < 1.29 is 19.1 Å². The van der Waals surface area contributed by atoms with Crippen LogP contribution in [0.4, 0.5) is 5.00 Å². The number of benzene rings is 2. The Labute approximate surface area is 167 Å². The van der Waals surface area contributed by atoms with Crippen molar-refractivity contribution in [3.63, 3.8) is 0 Å². The largest absolute Gasteiger partial charge is 0.484 e. The number of hydrogen-bond acceptors (Lipinski definition) is 5. The van der Waals surface area contributed by atoms with Gasteiger partial charge in [0.1, 0.15) is 16.3 Å². The molecule has 1 N–H and O–H groups in total. The number of rotatable bonds is 6. The second-order valence-electron chi connectivity index (χ2n) is 6.29. The summed E-state index contributed by atoms with van der Waals surface area (Å²) >= 11 is 1.28. The summed E-state index contributed by atoms with van der Waals surface area (Å²) in [6, 6.07) is 15.2. The van der Waals surface area contributed by atoms with Gasteiger partial charge in [0, 0.05) is 10.9 Å². The van der Waals surface area contributed by atoms with Crippen LogP contribution in [0.3, 0.4) is 0 Å². The molecule has 28 heavy (non-hydrogen) atoms. The fourth-order valence-electron chi connectivity index (χ4n) is 2.70. The first-order chi connectivity index (χ1) is 13.5. The molecule has 6 heteroatoms. The van der Waals surface area contributed by atoms with Crippen molar-refractivity contribution in [1.82, 2.24) is 0 Å². The first-order valence-corrected chi connectivity index (χ1v) is 9.62. The van der Waals surface area contributed by atoms with E-state index in [0.717, 1.165) is 22.3 Å². The molecule has 3 aromatic rings. The minimum Gasteiger partial charge on any atom is -0.484 e. The third-order valence-electron chi connectivity index (χ3n) is 4.37. The minimum atomic E-state index is -0.495. The van der Waals surface area contributed by atoms with Crippen molar-refractivity contribution in [1.29, 1.82) is 0 Å². The zero-order valence-corrected chi connectivity index (χ0v) is 16.8. The molecule has 0 aliphatic heterocycles. The highest BCUT2D eigenvalue weighted by atomic mass is 32.1. The van der Waals surface area contributed by atoms with Gasteiger partial charge in [-0.15, -0.1) is 11.3 Å². The number of anilines is 1. The molecule has 0 saturated carbocycles. The predicted octanol–water partition coefficient (Wildman–Crippen LogP) is 4.84. The van der Waals surface area contributed by atoms with E-state index in [4.69, 9.17) is 9.47 Å². The van der Waals surface area contributed by atoms with Gasteiger partial charge in [-0.25, -0.2) is 4.79 Å². The van der Waals surface area contributed by atoms with Crippen molar-refractivity contribution in [3.8, 4) is 16.9 Å². The Morgan fingerprint density at radius 3 is 2.46 bits per heavy atom. The van der Waals surface area contributed by atoms with E-state index in [2.05, 4.69) is 5.32 Å². The summed E-state index contributed by atoms with van der Waals surface area (Å²) in [5, 5.41) is 5.04. The lowest BCUT2D eigenvalue weighted by molar-refractivity contribution is -0.118. The normalized spacial score (nSPS) is 10.4. The van der Waals surface area contributed by atoms with Crippen molar-refractivity contribution in [2.45, 2.75) is 13.8 Å². The molecule has 0 bridgehead atoms. The molecule has 0 spiro atoms. The van der Waals surface area contributed by atoms with Crippen molar-refractivity contribution in [2.24, 2.45) is 0 Å². The molecule has 0 radical (unpaired) electrons. The molecule has 0 aliphatic carbocycles. The summed E-state index contributed by atoms with van der Waals surface area (Å²) in [6.07, 6.45) is 0. The van der Waals surface area contributed by atoms with Crippen LogP contribution in [-0.4, -0.2) is 25.6 Å². The van der Waals surface area contributed by atoms with Crippen LogP contribution >= 0.6 is 11.3 Å². The summed E-state index contributed by atoms with van der Waals surface area (Å²) in [4.78, 5) is 24.7. The van der Waals surface area contributed by atoms with E-state index in [9.17, 15) is 9.59 Å². The highest BCUT2D eigenvalue weighted by molar-refractivity contribution is 7.15. The van der Waals surface area contributed by atoms with E-state index in [1.54, 1.807) is 0 Å². The molecule has 1 heterocycles. The Morgan fingerprint density at radius 1 is 1.04 bits per heavy atom. The molecular formula is C22H21NO4S. The molecule has 0 fully saturated rings. The summed E-state index contributed by atoms with van der Waals surface area (Å²) in [5.41, 5.74) is 4.20. The second-order valence-corrected chi connectivity index (χ2v) is 7.17. The Bertz CT molecular complexity index is 995. The van der Waals surface area contributed by atoms with Crippen LogP contribution in [0.1, 0.15) is 21.5 Å². The summed E-state index contributed by atoms with van der Waals surface area (Å²) in [7, 11) is 1.32.